The summed E-state index contributed by atoms with van der Waals surface area (Å²) in [6.07, 6.45) is 1.03. The average Bonchev–Trinajstić information content (AvgIpc) is 3.85. The van der Waals surface area contributed by atoms with Crippen molar-refractivity contribution in [3.05, 3.63) is 198 Å². The third kappa shape index (κ3) is 5.38. The minimum atomic E-state index is 0.381. The van der Waals surface area contributed by atoms with Crippen LogP contribution >= 0.6 is 11.3 Å². The number of fused-ring (bicyclic) bond motifs is 9. The highest BCUT2D eigenvalue weighted by molar-refractivity contribution is 7.17. The summed E-state index contributed by atoms with van der Waals surface area (Å²) in [7, 11) is 0. The van der Waals surface area contributed by atoms with Crippen LogP contribution in [0.1, 0.15) is 35.4 Å². The summed E-state index contributed by atoms with van der Waals surface area (Å²) in [6, 6.07) is 64.5. The summed E-state index contributed by atoms with van der Waals surface area (Å²) >= 11 is 1.88. The molecule has 0 saturated carbocycles. The topological polar surface area (TPSA) is 16.4 Å². The summed E-state index contributed by atoms with van der Waals surface area (Å²) < 4.78 is 7.64. The van der Waals surface area contributed by atoms with E-state index in [1.807, 2.05) is 23.5 Å². The molecule has 0 saturated heterocycles. The number of nitrogens with zero attached hydrogens (tertiary/aromatic N) is 1. The number of thiophene rings is 1. The first kappa shape index (κ1) is 32.0. The van der Waals surface area contributed by atoms with Gasteiger partial charge in [-0.3, -0.25) is 0 Å². The van der Waals surface area contributed by atoms with E-state index in [2.05, 4.69) is 181 Å². The van der Waals surface area contributed by atoms with E-state index in [1.165, 1.54) is 59.8 Å². The van der Waals surface area contributed by atoms with Crippen molar-refractivity contribution in [2.75, 3.05) is 4.90 Å². The Kier molecular flexibility index (Phi) is 7.50. The quantitative estimate of drug-likeness (QED) is 0.176. The van der Waals surface area contributed by atoms with Gasteiger partial charge >= 0.3 is 0 Å². The van der Waals surface area contributed by atoms with E-state index in [-0.39, 0.29) is 0 Å². The average molecular weight is 724 g/mol. The molecule has 0 radical (unpaired) electrons. The number of para-hydroxylation sites is 1. The van der Waals surface area contributed by atoms with Gasteiger partial charge in [0.1, 0.15) is 11.2 Å². The molecule has 2 atom stereocenters. The van der Waals surface area contributed by atoms with Crippen LogP contribution < -0.4 is 4.90 Å². The van der Waals surface area contributed by atoms with Crippen molar-refractivity contribution < 1.29 is 4.42 Å². The molecule has 0 fully saturated rings. The van der Waals surface area contributed by atoms with Crippen LogP contribution in [-0.2, 0) is 6.42 Å². The molecule has 0 aliphatic heterocycles. The van der Waals surface area contributed by atoms with E-state index in [9.17, 15) is 0 Å². The fraction of sp³-hybridized carbons (Fsp3) is 0.0769. The van der Waals surface area contributed by atoms with Gasteiger partial charge in [0.05, 0.1) is 0 Å². The second-order valence-electron chi connectivity index (χ2n) is 14.9. The third-order valence-corrected chi connectivity index (χ3v) is 12.9. The number of rotatable bonds is 5. The SMILES string of the molecule is CC1c2ccccc2-c2ccc3ccsc3c2CC1c1ccc(-c2ccc(N(c3ccc4ccccc4c3)c3ccc4oc5ccccc5c4c3)cc2)cc1. The second-order valence-corrected chi connectivity index (χ2v) is 15.8. The molecule has 2 aromatic heterocycles. The third-order valence-electron chi connectivity index (χ3n) is 11.9. The van der Waals surface area contributed by atoms with E-state index in [1.54, 1.807) is 0 Å². The van der Waals surface area contributed by atoms with E-state index >= 15 is 0 Å². The normalized spacial score (nSPS) is 15.3. The predicted molar refractivity (Wildman–Crippen MR) is 233 cm³/mol. The Morgan fingerprint density at radius 3 is 2.07 bits per heavy atom. The number of anilines is 3. The van der Waals surface area contributed by atoms with Gasteiger partial charge in [0.25, 0.3) is 0 Å². The molecule has 1 aliphatic carbocycles. The molecular formula is C52H37NOS. The zero-order valence-electron chi connectivity index (χ0n) is 30.4. The Hall–Kier alpha value is -6.42. The monoisotopic (exact) mass is 723 g/mol. The van der Waals surface area contributed by atoms with E-state index in [4.69, 9.17) is 4.42 Å². The maximum Gasteiger partial charge on any atom is 0.135 e. The van der Waals surface area contributed by atoms with Gasteiger partial charge in [0.2, 0.25) is 0 Å². The largest absolute Gasteiger partial charge is 0.456 e. The molecular weight excluding hydrogens is 687 g/mol. The molecule has 1 aliphatic rings. The molecule has 0 bridgehead atoms. The lowest BCUT2D eigenvalue weighted by atomic mass is 9.80. The maximum absolute atomic E-state index is 6.21. The first-order valence-electron chi connectivity index (χ1n) is 19.2. The van der Waals surface area contributed by atoms with Crippen molar-refractivity contribution in [1.29, 1.82) is 0 Å². The second kappa shape index (κ2) is 12.9. The lowest BCUT2D eigenvalue weighted by Crippen LogP contribution is -2.10. The molecule has 0 amide bonds. The standard InChI is InChI=1S/C52H37NOS/c1-33-43-10-4-5-11-44(43)45-26-21-38-28-29-55-52(38)49(45)32-47(33)37-16-14-35(15-17-37)36-18-22-40(23-19-36)53(41-24-20-34-8-2-3-9-39(34)30-41)42-25-27-51-48(31-42)46-12-6-7-13-50(46)54-51/h2-31,33,47H,32H2,1H3. The smallest absolute Gasteiger partial charge is 0.135 e. The highest BCUT2D eigenvalue weighted by Crippen LogP contribution is 2.48. The van der Waals surface area contributed by atoms with Crippen molar-refractivity contribution in [3.63, 3.8) is 0 Å². The molecule has 3 heteroatoms. The van der Waals surface area contributed by atoms with Crippen LogP contribution in [-0.4, -0.2) is 0 Å². The van der Waals surface area contributed by atoms with Crippen molar-refractivity contribution in [3.8, 4) is 22.3 Å². The lowest BCUT2D eigenvalue weighted by Gasteiger charge is -2.26. The van der Waals surface area contributed by atoms with E-state index in [0.717, 1.165) is 45.4 Å². The lowest BCUT2D eigenvalue weighted by molar-refractivity contribution is 0.581. The Labute approximate surface area is 324 Å². The van der Waals surface area contributed by atoms with Gasteiger partial charge in [-0.05, 0) is 133 Å². The molecule has 0 spiro atoms. The Morgan fingerprint density at radius 2 is 1.20 bits per heavy atom. The first-order chi connectivity index (χ1) is 27.2. The van der Waals surface area contributed by atoms with Crippen LogP contribution in [0.5, 0.6) is 0 Å². The van der Waals surface area contributed by atoms with Crippen LogP contribution in [0.3, 0.4) is 0 Å². The van der Waals surface area contributed by atoms with Crippen molar-refractivity contribution in [1.82, 2.24) is 0 Å². The van der Waals surface area contributed by atoms with Crippen LogP contribution in [0, 0.1) is 0 Å². The van der Waals surface area contributed by atoms with Crippen LogP contribution in [0.4, 0.5) is 17.1 Å². The number of furan rings is 1. The zero-order chi connectivity index (χ0) is 36.5. The van der Waals surface area contributed by atoms with Crippen LogP contribution in [0.2, 0.25) is 0 Å². The van der Waals surface area contributed by atoms with Crippen molar-refractivity contribution in [2.45, 2.75) is 25.2 Å². The molecule has 55 heavy (non-hydrogen) atoms. The van der Waals surface area contributed by atoms with Gasteiger partial charge in [0, 0.05) is 32.5 Å². The van der Waals surface area contributed by atoms with Gasteiger partial charge in [-0.25, -0.2) is 0 Å². The Morgan fingerprint density at radius 1 is 0.527 bits per heavy atom. The highest BCUT2D eigenvalue weighted by atomic mass is 32.1. The van der Waals surface area contributed by atoms with E-state index < -0.39 is 0 Å². The molecule has 10 aromatic rings. The molecule has 262 valence electrons. The van der Waals surface area contributed by atoms with Gasteiger partial charge in [-0.1, -0.05) is 128 Å². The number of benzene rings is 8. The summed E-state index contributed by atoms with van der Waals surface area (Å²) in [5.41, 5.74) is 14.7. The maximum atomic E-state index is 6.21. The Bertz CT molecular complexity index is 3040. The molecule has 2 heterocycles. The molecule has 2 unspecified atom stereocenters. The fourth-order valence-corrected chi connectivity index (χ4v) is 10.0. The molecule has 0 N–H and O–H groups in total. The minimum absolute atomic E-state index is 0.381. The van der Waals surface area contributed by atoms with E-state index in [0.29, 0.717) is 11.8 Å². The van der Waals surface area contributed by atoms with Crippen LogP contribution in [0.25, 0.3) is 65.1 Å². The van der Waals surface area contributed by atoms with Crippen molar-refractivity contribution in [2.24, 2.45) is 0 Å². The van der Waals surface area contributed by atoms with Gasteiger partial charge in [-0.15, -0.1) is 11.3 Å². The van der Waals surface area contributed by atoms with Crippen LogP contribution in [0.15, 0.2) is 186 Å². The minimum Gasteiger partial charge on any atom is -0.456 e. The fourth-order valence-electron chi connectivity index (χ4n) is 9.05. The summed E-state index contributed by atoms with van der Waals surface area (Å²) in [5.74, 6) is 0.774. The van der Waals surface area contributed by atoms with Gasteiger partial charge < -0.3 is 9.32 Å². The number of hydrogen-bond donors (Lipinski definition) is 0. The number of hydrogen-bond acceptors (Lipinski definition) is 3. The summed E-state index contributed by atoms with van der Waals surface area (Å²) in [5, 5.41) is 8.27. The summed E-state index contributed by atoms with van der Waals surface area (Å²) in [4.78, 5) is 2.36. The van der Waals surface area contributed by atoms with Crippen molar-refractivity contribution >= 4 is 71.2 Å². The molecule has 2 nitrogen and oxygen atoms in total. The predicted octanol–water partition coefficient (Wildman–Crippen LogP) is 15.2. The molecule has 8 aromatic carbocycles. The summed E-state index contributed by atoms with van der Waals surface area (Å²) in [6.45, 7) is 2.42. The highest BCUT2D eigenvalue weighted by Gasteiger charge is 2.30. The first-order valence-corrected chi connectivity index (χ1v) is 20.0. The van der Waals surface area contributed by atoms with Gasteiger partial charge in [0.15, 0.2) is 0 Å². The van der Waals surface area contributed by atoms with Gasteiger partial charge in [-0.2, -0.15) is 0 Å². The molecule has 11 rings (SSSR count). The zero-order valence-corrected chi connectivity index (χ0v) is 31.3. The Balaban J connectivity index is 0.954.